The summed E-state index contributed by atoms with van der Waals surface area (Å²) in [6.45, 7) is 6.22. The van der Waals surface area contributed by atoms with E-state index in [-0.39, 0.29) is 12.0 Å². The van der Waals surface area contributed by atoms with E-state index >= 15 is 0 Å². The zero-order valence-corrected chi connectivity index (χ0v) is 13.0. The summed E-state index contributed by atoms with van der Waals surface area (Å²) in [4.78, 5) is 14.3. The Morgan fingerprint density at radius 3 is 2.62 bits per heavy atom. The van der Waals surface area contributed by atoms with E-state index in [4.69, 9.17) is 4.74 Å². The van der Waals surface area contributed by atoms with E-state index in [0.717, 1.165) is 19.5 Å². The summed E-state index contributed by atoms with van der Waals surface area (Å²) in [5, 5.41) is 3.41. The zero-order valence-electron chi connectivity index (χ0n) is 13.0. The molecule has 1 saturated carbocycles. The molecule has 21 heavy (non-hydrogen) atoms. The summed E-state index contributed by atoms with van der Waals surface area (Å²) in [5.74, 6) is -0.117. The van der Waals surface area contributed by atoms with Crippen LogP contribution >= 0.6 is 0 Å². The molecule has 1 aliphatic rings. The van der Waals surface area contributed by atoms with E-state index in [9.17, 15) is 4.79 Å². The van der Waals surface area contributed by atoms with Crippen molar-refractivity contribution in [1.29, 1.82) is 0 Å². The summed E-state index contributed by atoms with van der Waals surface area (Å²) in [6, 6.07) is 10.6. The fraction of sp³-hybridized carbons (Fsp3) is 0.588. The van der Waals surface area contributed by atoms with Gasteiger partial charge in [-0.2, -0.15) is 0 Å². The Morgan fingerprint density at radius 1 is 1.33 bits per heavy atom. The average Bonchev–Trinajstić information content (AvgIpc) is 3.32. The number of ether oxygens (including phenoxy) is 1. The second kappa shape index (κ2) is 8.03. The first-order chi connectivity index (χ1) is 10.2. The molecule has 0 spiro atoms. The number of rotatable bonds is 9. The minimum absolute atomic E-state index is 0.117. The van der Waals surface area contributed by atoms with Gasteiger partial charge in [-0.25, -0.2) is 0 Å². The van der Waals surface area contributed by atoms with Crippen LogP contribution in [-0.4, -0.2) is 37.7 Å². The molecule has 1 fully saturated rings. The summed E-state index contributed by atoms with van der Waals surface area (Å²) in [5.41, 5.74) is 1.20. The fourth-order valence-electron chi connectivity index (χ4n) is 2.44. The molecule has 1 aliphatic carbocycles. The Bertz CT molecular complexity index is 432. The van der Waals surface area contributed by atoms with Gasteiger partial charge in [0.15, 0.2) is 0 Å². The molecule has 2 rings (SSSR count). The third kappa shape index (κ3) is 5.05. The van der Waals surface area contributed by atoms with Gasteiger partial charge in [0.1, 0.15) is 6.04 Å². The molecule has 1 unspecified atom stereocenters. The number of carbonyl (C=O) groups excluding carboxylic acids is 1. The zero-order chi connectivity index (χ0) is 15.1. The number of nitrogens with zero attached hydrogens (tertiary/aromatic N) is 1. The van der Waals surface area contributed by atoms with Gasteiger partial charge >= 0.3 is 5.97 Å². The van der Waals surface area contributed by atoms with Crippen molar-refractivity contribution in [1.82, 2.24) is 5.32 Å². The van der Waals surface area contributed by atoms with Crippen molar-refractivity contribution in [3.8, 4) is 0 Å². The SMILES string of the molecule is CCOC(=O)C(CCN(CC)c1ccccc1)NC1CC1. The molecular weight excluding hydrogens is 264 g/mol. The second-order valence-corrected chi connectivity index (χ2v) is 5.45. The minimum Gasteiger partial charge on any atom is -0.465 e. The smallest absolute Gasteiger partial charge is 0.323 e. The maximum absolute atomic E-state index is 12.0. The standard InChI is InChI=1S/C17H26N2O2/c1-3-19(15-8-6-5-7-9-15)13-12-16(17(20)21-4-2)18-14-10-11-14/h5-9,14,16,18H,3-4,10-13H2,1-2H3. The van der Waals surface area contributed by atoms with Crippen LogP contribution in [0.4, 0.5) is 5.69 Å². The van der Waals surface area contributed by atoms with E-state index in [1.54, 1.807) is 0 Å². The maximum atomic E-state index is 12.0. The normalized spacial score (nSPS) is 15.5. The molecular formula is C17H26N2O2. The highest BCUT2D eigenvalue weighted by Gasteiger charge is 2.29. The lowest BCUT2D eigenvalue weighted by Gasteiger charge is -2.25. The molecule has 1 atom stereocenters. The summed E-state index contributed by atoms with van der Waals surface area (Å²) >= 11 is 0. The number of hydrogen-bond donors (Lipinski definition) is 1. The Hall–Kier alpha value is -1.55. The lowest BCUT2D eigenvalue weighted by Crippen LogP contribution is -2.42. The number of para-hydroxylation sites is 1. The molecule has 0 aromatic heterocycles. The Kier molecular flexibility index (Phi) is 6.05. The van der Waals surface area contributed by atoms with Crippen molar-refractivity contribution in [2.75, 3.05) is 24.6 Å². The second-order valence-electron chi connectivity index (χ2n) is 5.45. The number of esters is 1. The number of benzene rings is 1. The van der Waals surface area contributed by atoms with E-state index < -0.39 is 0 Å². The average molecular weight is 290 g/mol. The Morgan fingerprint density at radius 2 is 2.05 bits per heavy atom. The topological polar surface area (TPSA) is 41.6 Å². The van der Waals surface area contributed by atoms with Crippen LogP contribution in [0.3, 0.4) is 0 Å². The van der Waals surface area contributed by atoms with Gasteiger partial charge in [-0.3, -0.25) is 4.79 Å². The number of hydrogen-bond acceptors (Lipinski definition) is 4. The highest BCUT2D eigenvalue weighted by Crippen LogP contribution is 2.21. The predicted molar refractivity (Wildman–Crippen MR) is 85.5 cm³/mol. The first-order valence-corrected chi connectivity index (χ1v) is 7.97. The molecule has 1 aromatic carbocycles. The predicted octanol–water partition coefficient (Wildman–Crippen LogP) is 2.59. The number of nitrogens with one attached hydrogen (secondary N) is 1. The van der Waals surface area contributed by atoms with Crippen molar-refractivity contribution in [2.24, 2.45) is 0 Å². The lowest BCUT2D eigenvalue weighted by atomic mass is 10.1. The summed E-state index contributed by atoms with van der Waals surface area (Å²) in [6.07, 6.45) is 3.12. The van der Waals surface area contributed by atoms with Gasteiger partial charge in [0.25, 0.3) is 0 Å². The third-order valence-electron chi connectivity index (χ3n) is 3.78. The molecule has 0 radical (unpaired) electrons. The van der Waals surface area contributed by atoms with Gasteiger partial charge < -0.3 is 15.0 Å². The van der Waals surface area contributed by atoms with Crippen LogP contribution in [0.2, 0.25) is 0 Å². The highest BCUT2D eigenvalue weighted by molar-refractivity contribution is 5.76. The van der Waals surface area contributed by atoms with Crippen LogP contribution < -0.4 is 10.2 Å². The molecule has 0 saturated heterocycles. The van der Waals surface area contributed by atoms with Crippen LogP contribution in [0.5, 0.6) is 0 Å². The molecule has 4 heteroatoms. The van der Waals surface area contributed by atoms with Gasteiger partial charge in [0.2, 0.25) is 0 Å². The monoisotopic (exact) mass is 290 g/mol. The van der Waals surface area contributed by atoms with Crippen molar-refractivity contribution in [3.63, 3.8) is 0 Å². The minimum atomic E-state index is -0.185. The maximum Gasteiger partial charge on any atom is 0.323 e. The molecule has 0 aliphatic heterocycles. The number of anilines is 1. The van der Waals surface area contributed by atoms with Gasteiger partial charge in [-0.1, -0.05) is 18.2 Å². The van der Waals surface area contributed by atoms with Gasteiger partial charge in [-0.05, 0) is 45.2 Å². The van der Waals surface area contributed by atoms with E-state index in [2.05, 4.69) is 29.3 Å². The number of carbonyl (C=O) groups is 1. The summed E-state index contributed by atoms with van der Waals surface area (Å²) in [7, 11) is 0. The van der Waals surface area contributed by atoms with Crippen molar-refractivity contribution in [3.05, 3.63) is 30.3 Å². The molecule has 1 aromatic rings. The van der Waals surface area contributed by atoms with Crippen LogP contribution in [0, 0.1) is 0 Å². The molecule has 116 valence electrons. The molecule has 1 N–H and O–H groups in total. The third-order valence-corrected chi connectivity index (χ3v) is 3.78. The molecule has 4 nitrogen and oxygen atoms in total. The van der Waals surface area contributed by atoms with E-state index in [1.165, 1.54) is 18.5 Å². The van der Waals surface area contributed by atoms with Crippen LogP contribution in [-0.2, 0) is 9.53 Å². The van der Waals surface area contributed by atoms with Crippen LogP contribution in [0.25, 0.3) is 0 Å². The fourth-order valence-corrected chi connectivity index (χ4v) is 2.44. The van der Waals surface area contributed by atoms with Crippen molar-refractivity contribution >= 4 is 11.7 Å². The van der Waals surface area contributed by atoms with Gasteiger partial charge in [0, 0.05) is 24.8 Å². The Balaban J connectivity index is 1.90. The first-order valence-electron chi connectivity index (χ1n) is 7.97. The molecule has 0 amide bonds. The van der Waals surface area contributed by atoms with Crippen LogP contribution in [0.15, 0.2) is 30.3 Å². The molecule has 0 bridgehead atoms. The van der Waals surface area contributed by atoms with E-state index in [1.807, 2.05) is 25.1 Å². The molecule has 0 heterocycles. The van der Waals surface area contributed by atoms with Crippen LogP contribution in [0.1, 0.15) is 33.1 Å². The van der Waals surface area contributed by atoms with Gasteiger partial charge in [-0.15, -0.1) is 0 Å². The van der Waals surface area contributed by atoms with Crippen molar-refractivity contribution in [2.45, 2.75) is 45.2 Å². The van der Waals surface area contributed by atoms with Gasteiger partial charge in [0.05, 0.1) is 6.61 Å². The highest BCUT2D eigenvalue weighted by atomic mass is 16.5. The van der Waals surface area contributed by atoms with E-state index in [0.29, 0.717) is 12.6 Å². The lowest BCUT2D eigenvalue weighted by molar-refractivity contribution is -0.145. The Labute approximate surface area is 127 Å². The quantitative estimate of drug-likeness (QED) is 0.710. The largest absolute Gasteiger partial charge is 0.465 e. The first kappa shape index (κ1) is 15.8. The summed E-state index contributed by atoms with van der Waals surface area (Å²) < 4.78 is 5.18. The van der Waals surface area contributed by atoms with Crippen molar-refractivity contribution < 1.29 is 9.53 Å².